The maximum absolute atomic E-state index is 12.1. The highest BCUT2D eigenvalue weighted by atomic mass is 35.5. The van der Waals surface area contributed by atoms with Crippen molar-refractivity contribution in [1.29, 1.82) is 0 Å². The van der Waals surface area contributed by atoms with Crippen LogP contribution in [0.4, 0.5) is 0 Å². The van der Waals surface area contributed by atoms with Gasteiger partial charge < -0.3 is 10.1 Å². The molecule has 0 fully saturated rings. The third-order valence-corrected chi connectivity index (χ3v) is 4.65. The summed E-state index contributed by atoms with van der Waals surface area (Å²) in [6.07, 6.45) is 0.731. The normalized spacial score (nSPS) is 12.6. The van der Waals surface area contributed by atoms with Gasteiger partial charge in [-0.3, -0.25) is 4.79 Å². The van der Waals surface area contributed by atoms with Gasteiger partial charge in [0.25, 0.3) is 5.91 Å². The number of hydrogen-bond acceptors (Lipinski definition) is 5. The van der Waals surface area contributed by atoms with Crippen LogP contribution in [-0.4, -0.2) is 32.4 Å². The number of primary sulfonamides is 1. The van der Waals surface area contributed by atoms with Crippen molar-refractivity contribution in [2.75, 3.05) is 6.61 Å². The van der Waals surface area contributed by atoms with E-state index in [1.165, 1.54) is 12.1 Å². The van der Waals surface area contributed by atoms with Crippen molar-refractivity contribution in [2.24, 2.45) is 10.6 Å². The Morgan fingerprint density at radius 3 is 2.27 bits per heavy atom. The Morgan fingerprint density at radius 2 is 1.77 bits per heavy atom. The highest BCUT2D eigenvalue weighted by Gasteiger charge is 2.27. The molecule has 1 rings (SSSR count). The largest absolute Gasteiger partial charge is 0.452 e. The zero-order valence-corrected chi connectivity index (χ0v) is 17.1. The van der Waals surface area contributed by atoms with E-state index in [1.54, 1.807) is 0 Å². The van der Waals surface area contributed by atoms with Gasteiger partial charge >= 0.3 is 5.97 Å². The predicted octanol–water partition coefficient (Wildman–Crippen LogP) is 2.48. The molecule has 0 saturated heterocycles. The van der Waals surface area contributed by atoms with Gasteiger partial charge in [0.1, 0.15) is 4.90 Å². The van der Waals surface area contributed by atoms with Crippen molar-refractivity contribution in [2.45, 2.75) is 51.5 Å². The fourth-order valence-corrected chi connectivity index (χ4v) is 3.92. The Bertz CT molecular complexity index is 798. The van der Waals surface area contributed by atoms with Crippen LogP contribution >= 0.6 is 11.6 Å². The van der Waals surface area contributed by atoms with E-state index in [2.05, 4.69) is 26.1 Å². The number of carbonyl (C=O) groups is 2. The van der Waals surface area contributed by atoms with Crippen LogP contribution in [0, 0.1) is 5.41 Å². The smallest absolute Gasteiger partial charge is 0.338 e. The van der Waals surface area contributed by atoms with Gasteiger partial charge in [-0.2, -0.15) is 0 Å². The quantitative estimate of drug-likeness (QED) is 0.706. The first kappa shape index (κ1) is 22.4. The average Bonchev–Trinajstić information content (AvgIpc) is 2.40. The highest BCUT2D eigenvalue weighted by Crippen LogP contribution is 2.26. The summed E-state index contributed by atoms with van der Waals surface area (Å²) in [6.45, 7) is 9.46. The minimum absolute atomic E-state index is 0.0148. The van der Waals surface area contributed by atoms with E-state index in [1.807, 2.05) is 13.8 Å². The summed E-state index contributed by atoms with van der Waals surface area (Å²) < 4.78 is 27.8. The molecule has 0 heterocycles. The Morgan fingerprint density at radius 1 is 1.19 bits per heavy atom. The Kier molecular flexibility index (Phi) is 6.84. The van der Waals surface area contributed by atoms with Gasteiger partial charge in [-0.15, -0.1) is 0 Å². The summed E-state index contributed by atoms with van der Waals surface area (Å²) in [5.41, 5.74) is -0.524. The van der Waals surface area contributed by atoms with Gasteiger partial charge in [0.15, 0.2) is 6.61 Å². The maximum Gasteiger partial charge on any atom is 0.338 e. The van der Waals surface area contributed by atoms with E-state index in [0.717, 1.165) is 12.5 Å². The molecule has 1 amide bonds. The first-order valence-corrected chi connectivity index (χ1v) is 9.84. The van der Waals surface area contributed by atoms with Crippen LogP contribution in [0.5, 0.6) is 0 Å². The van der Waals surface area contributed by atoms with E-state index in [0.29, 0.717) is 0 Å². The van der Waals surface area contributed by atoms with Gasteiger partial charge in [-0.25, -0.2) is 18.4 Å². The standard InChI is InChI=1S/C17H25ClN2O5S/c1-16(2,3)10-17(4,5)20-14(21)9-25-15(22)11-6-7-12(18)13(8-11)26(19,23)24/h6-8H,9-10H2,1-5H3,(H,20,21)(H2,19,23,24). The van der Waals surface area contributed by atoms with Crippen molar-refractivity contribution in [1.82, 2.24) is 5.32 Å². The second-order valence-corrected chi connectivity index (χ2v) is 9.87. The molecule has 7 nitrogen and oxygen atoms in total. The number of halogens is 1. The number of rotatable bonds is 6. The molecule has 146 valence electrons. The van der Waals surface area contributed by atoms with Crippen LogP contribution in [0.15, 0.2) is 23.1 Å². The van der Waals surface area contributed by atoms with Crippen LogP contribution in [0.2, 0.25) is 5.02 Å². The van der Waals surface area contributed by atoms with Gasteiger partial charge in [0.2, 0.25) is 10.0 Å². The molecule has 26 heavy (non-hydrogen) atoms. The van der Waals surface area contributed by atoms with Crippen LogP contribution in [-0.2, 0) is 19.6 Å². The van der Waals surface area contributed by atoms with Crippen LogP contribution in [0.1, 0.15) is 51.4 Å². The lowest BCUT2D eigenvalue weighted by atomic mass is 9.82. The maximum atomic E-state index is 12.1. The summed E-state index contributed by atoms with van der Waals surface area (Å²) in [7, 11) is -4.08. The molecule has 0 atom stereocenters. The van der Waals surface area contributed by atoms with E-state index >= 15 is 0 Å². The Balaban J connectivity index is 2.74. The van der Waals surface area contributed by atoms with E-state index < -0.39 is 34.0 Å². The number of ether oxygens (including phenoxy) is 1. The molecule has 3 N–H and O–H groups in total. The van der Waals surface area contributed by atoms with Crippen molar-refractivity contribution in [3.05, 3.63) is 28.8 Å². The monoisotopic (exact) mass is 404 g/mol. The molecule has 9 heteroatoms. The van der Waals surface area contributed by atoms with E-state index in [4.69, 9.17) is 21.5 Å². The number of benzene rings is 1. The number of nitrogens with two attached hydrogens (primary N) is 1. The summed E-state index contributed by atoms with van der Waals surface area (Å²) in [5, 5.41) is 7.75. The van der Waals surface area contributed by atoms with Gasteiger partial charge in [0, 0.05) is 5.54 Å². The molecular weight excluding hydrogens is 380 g/mol. The average molecular weight is 405 g/mol. The van der Waals surface area contributed by atoms with Crippen LogP contribution in [0.3, 0.4) is 0 Å². The summed E-state index contributed by atoms with van der Waals surface area (Å²) in [4.78, 5) is 23.7. The minimum Gasteiger partial charge on any atom is -0.452 e. The fraction of sp³-hybridized carbons (Fsp3) is 0.529. The third-order valence-electron chi connectivity index (χ3n) is 3.26. The molecule has 0 aliphatic rings. The number of carbonyl (C=O) groups excluding carboxylic acids is 2. The molecule has 0 spiro atoms. The van der Waals surface area contributed by atoms with Gasteiger partial charge in [-0.05, 0) is 43.9 Å². The summed E-state index contributed by atoms with van der Waals surface area (Å²) >= 11 is 5.76. The van der Waals surface area contributed by atoms with Crippen molar-refractivity contribution < 1.29 is 22.7 Å². The van der Waals surface area contributed by atoms with Crippen molar-refractivity contribution >= 4 is 33.5 Å². The van der Waals surface area contributed by atoms with Crippen LogP contribution in [0.25, 0.3) is 0 Å². The van der Waals surface area contributed by atoms with Gasteiger partial charge in [-0.1, -0.05) is 32.4 Å². The van der Waals surface area contributed by atoms with Crippen molar-refractivity contribution in [3.8, 4) is 0 Å². The number of esters is 1. The SMILES string of the molecule is CC(C)(C)CC(C)(C)NC(=O)COC(=O)c1ccc(Cl)c(S(N)(=O)=O)c1. The molecule has 0 radical (unpaired) electrons. The lowest BCUT2D eigenvalue weighted by molar-refractivity contribution is -0.126. The Hall–Kier alpha value is -1.64. The number of amides is 1. The molecule has 0 aliphatic carbocycles. The Labute approximate surface area is 159 Å². The molecule has 1 aromatic carbocycles. The molecule has 0 saturated carbocycles. The van der Waals surface area contributed by atoms with E-state index in [9.17, 15) is 18.0 Å². The molecular formula is C17H25ClN2O5S. The zero-order chi connectivity index (χ0) is 20.3. The van der Waals surface area contributed by atoms with Gasteiger partial charge in [0.05, 0.1) is 10.6 Å². The lowest BCUT2D eigenvalue weighted by Gasteiger charge is -2.33. The first-order valence-electron chi connectivity index (χ1n) is 7.91. The second kappa shape index (κ2) is 7.94. The first-order chi connectivity index (χ1) is 11.6. The highest BCUT2D eigenvalue weighted by molar-refractivity contribution is 7.89. The van der Waals surface area contributed by atoms with Crippen LogP contribution < -0.4 is 10.5 Å². The molecule has 1 aromatic rings. The number of hydrogen-bond donors (Lipinski definition) is 2. The zero-order valence-electron chi connectivity index (χ0n) is 15.6. The summed E-state index contributed by atoms with van der Waals surface area (Å²) in [6, 6.07) is 3.53. The third kappa shape index (κ3) is 7.31. The minimum atomic E-state index is -4.08. The second-order valence-electron chi connectivity index (χ2n) is 7.94. The lowest BCUT2D eigenvalue weighted by Crippen LogP contribution is -2.47. The molecule has 0 unspecified atom stereocenters. The predicted molar refractivity (Wildman–Crippen MR) is 99.4 cm³/mol. The molecule has 0 bridgehead atoms. The fourth-order valence-electron chi connectivity index (χ4n) is 2.85. The molecule has 0 aliphatic heterocycles. The number of nitrogens with one attached hydrogen (secondary N) is 1. The van der Waals surface area contributed by atoms with E-state index in [-0.39, 0.29) is 20.9 Å². The topological polar surface area (TPSA) is 116 Å². The summed E-state index contributed by atoms with van der Waals surface area (Å²) in [5.74, 6) is -1.30. The number of sulfonamides is 1. The molecule has 0 aromatic heterocycles. The van der Waals surface area contributed by atoms with Crippen molar-refractivity contribution in [3.63, 3.8) is 0 Å².